The largest absolute Gasteiger partial charge is 0.454 e. The van der Waals surface area contributed by atoms with Gasteiger partial charge in [0.15, 0.2) is 11.5 Å². The average molecular weight is 370 g/mol. The molecule has 0 radical (unpaired) electrons. The van der Waals surface area contributed by atoms with Gasteiger partial charge in [0.05, 0.1) is 18.9 Å². The summed E-state index contributed by atoms with van der Waals surface area (Å²) < 4.78 is 18.1. The fourth-order valence-electron chi connectivity index (χ4n) is 3.96. The first kappa shape index (κ1) is 16.6. The molecule has 0 aliphatic carbocycles. The lowest BCUT2D eigenvalue weighted by Gasteiger charge is -2.36. The molecule has 0 unspecified atom stereocenters. The molecule has 8 nitrogen and oxygen atoms in total. The number of carbonyl (C=O) groups excluding carboxylic acids is 1. The van der Waals surface area contributed by atoms with Crippen LogP contribution in [-0.4, -0.2) is 65.1 Å². The van der Waals surface area contributed by atoms with E-state index in [1.54, 1.807) is 6.20 Å². The third-order valence-electron chi connectivity index (χ3n) is 5.32. The molecular weight excluding hydrogens is 348 g/mol. The quantitative estimate of drug-likeness (QED) is 0.804. The summed E-state index contributed by atoms with van der Waals surface area (Å²) >= 11 is 0. The van der Waals surface area contributed by atoms with Crippen LogP contribution in [0.25, 0.3) is 0 Å². The number of carbonyl (C=O) groups is 1. The zero-order chi connectivity index (χ0) is 18.2. The fraction of sp³-hybridized carbons (Fsp3) is 0.474. The van der Waals surface area contributed by atoms with Gasteiger partial charge < -0.3 is 19.1 Å². The van der Waals surface area contributed by atoms with Gasteiger partial charge in [-0.05, 0) is 23.8 Å². The van der Waals surface area contributed by atoms with Gasteiger partial charge in [-0.3, -0.25) is 14.4 Å². The summed E-state index contributed by atoms with van der Waals surface area (Å²) in [7, 11) is 0. The summed E-state index contributed by atoms with van der Waals surface area (Å²) in [5.41, 5.74) is 2.21. The molecule has 142 valence electrons. The minimum absolute atomic E-state index is 0.124. The van der Waals surface area contributed by atoms with E-state index in [2.05, 4.69) is 16.1 Å². The van der Waals surface area contributed by atoms with Crippen LogP contribution in [0.3, 0.4) is 0 Å². The second-order valence-electron chi connectivity index (χ2n) is 7.08. The Labute approximate surface area is 157 Å². The number of aromatic nitrogens is 2. The molecule has 0 bridgehead atoms. The molecule has 0 saturated carbocycles. The molecule has 3 aliphatic rings. The maximum absolute atomic E-state index is 13.1. The molecular formula is C19H22N4O4. The number of morpholine rings is 1. The highest BCUT2D eigenvalue weighted by Crippen LogP contribution is 2.33. The second kappa shape index (κ2) is 6.86. The Morgan fingerprint density at radius 2 is 2.00 bits per heavy atom. The van der Waals surface area contributed by atoms with Gasteiger partial charge in [0, 0.05) is 38.9 Å². The standard InChI is InChI=1S/C19H22N4O4/c24-19(22-5-7-25-8-6-22)16-12-21(11-15-3-4-20-23(15)16)10-14-1-2-17-18(9-14)27-13-26-17/h1-4,9,16H,5-8,10-13H2/t16-/m0/s1. The Morgan fingerprint density at radius 3 is 2.89 bits per heavy atom. The molecule has 1 atom stereocenters. The zero-order valence-electron chi connectivity index (χ0n) is 15.0. The first-order valence-electron chi connectivity index (χ1n) is 9.28. The first-order valence-corrected chi connectivity index (χ1v) is 9.28. The van der Waals surface area contributed by atoms with Crippen molar-refractivity contribution in [1.29, 1.82) is 0 Å². The van der Waals surface area contributed by atoms with Gasteiger partial charge in [-0.1, -0.05) is 6.07 Å². The lowest BCUT2D eigenvalue weighted by molar-refractivity contribution is -0.140. The third kappa shape index (κ3) is 3.15. The summed E-state index contributed by atoms with van der Waals surface area (Å²) in [6, 6.07) is 7.72. The van der Waals surface area contributed by atoms with Gasteiger partial charge in [0.2, 0.25) is 12.7 Å². The van der Waals surface area contributed by atoms with Crippen LogP contribution in [0.4, 0.5) is 0 Å². The molecule has 0 spiro atoms. The normalized spacial score (nSPS) is 21.9. The fourth-order valence-corrected chi connectivity index (χ4v) is 3.96. The topological polar surface area (TPSA) is 69.1 Å². The van der Waals surface area contributed by atoms with Crippen LogP contribution in [0, 0.1) is 0 Å². The van der Waals surface area contributed by atoms with E-state index >= 15 is 0 Å². The van der Waals surface area contributed by atoms with E-state index < -0.39 is 0 Å². The van der Waals surface area contributed by atoms with E-state index in [9.17, 15) is 4.79 Å². The van der Waals surface area contributed by atoms with Crippen molar-refractivity contribution < 1.29 is 19.0 Å². The van der Waals surface area contributed by atoms with E-state index in [1.807, 2.05) is 27.8 Å². The van der Waals surface area contributed by atoms with Gasteiger partial charge in [-0.15, -0.1) is 0 Å². The summed E-state index contributed by atoms with van der Waals surface area (Å²) in [6.07, 6.45) is 1.78. The highest BCUT2D eigenvalue weighted by atomic mass is 16.7. The highest BCUT2D eigenvalue weighted by molar-refractivity contribution is 5.81. The Balaban J connectivity index is 1.35. The number of amides is 1. The number of benzene rings is 1. The van der Waals surface area contributed by atoms with E-state index in [4.69, 9.17) is 14.2 Å². The van der Waals surface area contributed by atoms with Crippen molar-refractivity contribution in [2.75, 3.05) is 39.6 Å². The van der Waals surface area contributed by atoms with Gasteiger partial charge in [0.25, 0.3) is 0 Å². The number of nitrogens with zero attached hydrogens (tertiary/aromatic N) is 4. The number of ether oxygens (including phenoxy) is 3. The number of hydrogen-bond donors (Lipinski definition) is 0. The molecule has 1 amide bonds. The van der Waals surface area contributed by atoms with Gasteiger partial charge in [0.1, 0.15) is 6.04 Å². The third-order valence-corrected chi connectivity index (χ3v) is 5.32. The van der Waals surface area contributed by atoms with Crippen LogP contribution in [0.5, 0.6) is 11.5 Å². The van der Waals surface area contributed by atoms with Crippen LogP contribution in [0.1, 0.15) is 17.3 Å². The van der Waals surface area contributed by atoms with E-state index in [0.29, 0.717) is 32.8 Å². The Morgan fingerprint density at radius 1 is 1.15 bits per heavy atom. The van der Waals surface area contributed by atoms with E-state index in [0.717, 1.165) is 35.8 Å². The molecule has 1 aromatic carbocycles. The van der Waals surface area contributed by atoms with Gasteiger partial charge in [-0.2, -0.15) is 5.10 Å². The van der Waals surface area contributed by atoms with Gasteiger partial charge in [-0.25, -0.2) is 0 Å². The maximum Gasteiger partial charge on any atom is 0.248 e. The van der Waals surface area contributed by atoms with Crippen molar-refractivity contribution in [3.05, 3.63) is 41.7 Å². The van der Waals surface area contributed by atoms with Crippen molar-refractivity contribution in [1.82, 2.24) is 19.6 Å². The summed E-state index contributed by atoms with van der Waals surface area (Å²) in [5, 5.41) is 4.42. The first-order chi connectivity index (χ1) is 13.3. The van der Waals surface area contributed by atoms with Gasteiger partial charge >= 0.3 is 0 Å². The number of hydrogen-bond acceptors (Lipinski definition) is 6. The highest BCUT2D eigenvalue weighted by Gasteiger charge is 2.34. The predicted octanol–water partition coefficient (Wildman–Crippen LogP) is 1.03. The molecule has 2 aromatic rings. The van der Waals surface area contributed by atoms with Crippen LogP contribution in [0.15, 0.2) is 30.5 Å². The number of rotatable bonds is 3. The smallest absolute Gasteiger partial charge is 0.248 e. The Kier molecular flexibility index (Phi) is 4.21. The minimum atomic E-state index is -0.295. The van der Waals surface area contributed by atoms with Crippen molar-refractivity contribution >= 4 is 5.91 Å². The second-order valence-corrected chi connectivity index (χ2v) is 7.08. The summed E-state index contributed by atoms with van der Waals surface area (Å²) in [6.45, 7) is 4.92. The van der Waals surface area contributed by atoms with Crippen LogP contribution >= 0.6 is 0 Å². The Hall–Kier alpha value is -2.58. The number of fused-ring (bicyclic) bond motifs is 2. The predicted molar refractivity (Wildman–Crippen MR) is 95.3 cm³/mol. The maximum atomic E-state index is 13.1. The van der Waals surface area contributed by atoms with Crippen LogP contribution < -0.4 is 9.47 Å². The average Bonchev–Trinajstić information content (AvgIpc) is 3.36. The minimum Gasteiger partial charge on any atom is -0.454 e. The molecule has 27 heavy (non-hydrogen) atoms. The molecule has 1 aromatic heterocycles. The molecule has 5 rings (SSSR count). The van der Waals surface area contributed by atoms with E-state index in [1.165, 1.54) is 0 Å². The SMILES string of the molecule is O=C([C@@H]1CN(Cc2ccc3c(c2)OCO3)Cc2ccnn21)N1CCOCC1. The lowest BCUT2D eigenvalue weighted by Crippen LogP contribution is -2.49. The van der Waals surface area contributed by atoms with Crippen molar-refractivity contribution in [3.63, 3.8) is 0 Å². The van der Waals surface area contributed by atoms with E-state index in [-0.39, 0.29) is 18.7 Å². The molecule has 1 saturated heterocycles. The summed E-state index contributed by atoms with van der Waals surface area (Å²) in [4.78, 5) is 17.3. The molecule has 8 heteroatoms. The molecule has 0 N–H and O–H groups in total. The monoisotopic (exact) mass is 370 g/mol. The summed E-state index contributed by atoms with van der Waals surface area (Å²) in [5.74, 6) is 1.70. The van der Waals surface area contributed by atoms with Crippen molar-refractivity contribution in [2.24, 2.45) is 0 Å². The Bertz CT molecular complexity index is 846. The van der Waals surface area contributed by atoms with Crippen LogP contribution in [-0.2, 0) is 22.6 Å². The van der Waals surface area contributed by atoms with Crippen LogP contribution in [0.2, 0.25) is 0 Å². The lowest BCUT2D eigenvalue weighted by atomic mass is 10.1. The van der Waals surface area contributed by atoms with Crippen molar-refractivity contribution in [2.45, 2.75) is 19.1 Å². The van der Waals surface area contributed by atoms with Crippen molar-refractivity contribution in [3.8, 4) is 11.5 Å². The zero-order valence-corrected chi connectivity index (χ0v) is 15.0. The molecule has 4 heterocycles. The molecule has 3 aliphatic heterocycles. The molecule has 1 fully saturated rings.